The molecule has 0 bridgehead atoms. The fraction of sp³-hybridized carbons (Fsp3) is 0.471. The lowest BCUT2D eigenvalue weighted by Gasteiger charge is -2.36. The molecular weight excluding hydrogens is 306 g/mol. The number of hydrogen-bond donors (Lipinski definition) is 0. The maximum absolute atomic E-state index is 12.2. The Morgan fingerprint density at radius 1 is 1.21 bits per heavy atom. The van der Waals surface area contributed by atoms with Crippen LogP contribution in [-0.4, -0.2) is 58.6 Å². The van der Waals surface area contributed by atoms with Crippen molar-refractivity contribution in [3.8, 4) is 0 Å². The summed E-state index contributed by atoms with van der Waals surface area (Å²) < 4.78 is 5.43. The molecule has 1 amide bonds. The lowest BCUT2D eigenvalue weighted by Crippen LogP contribution is -2.50. The highest BCUT2D eigenvalue weighted by molar-refractivity contribution is 5.79. The standard InChI is InChI=1S/C17H21N5O2/c1-17(2,3)24-16(23)22-10-8-21(9-11-22)15-14-13(19-12-20-15)6-4-5-7-18-14/h4-6,12H,8-11H2,1-3H3. The number of hydrogen-bond acceptors (Lipinski definition) is 6. The van der Waals surface area contributed by atoms with E-state index in [1.165, 1.54) is 0 Å². The molecule has 1 aromatic heterocycles. The minimum atomic E-state index is -0.481. The molecule has 2 aliphatic heterocycles. The van der Waals surface area contributed by atoms with Crippen LogP contribution in [-0.2, 0) is 4.74 Å². The third kappa shape index (κ3) is 3.63. The predicted molar refractivity (Wildman–Crippen MR) is 92.8 cm³/mol. The van der Waals surface area contributed by atoms with Crippen LogP contribution in [0.4, 0.5) is 16.3 Å². The van der Waals surface area contributed by atoms with E-state index in [1.807, 2.05) is 32.9 Å². The van der Waals surface area contributed by atoms with Crippen LogP contribution in [0, 0.1) is 0 Å². The van der Waals surface area contributed by atoms with Crippen molar-refractivity contribution in [1.82, 2.24) is 14.9 Å². The average Bonchev–Trinajstić information content (AvgIpc) is 2.78. The molecule has 126 valence electrons. The Kier molecular flexibility index (Phi) is 4.36. The molecular formula is C17H21N5O2. The molecule has 0 N–H and O–H groups in total. The van der Waals surface area contributed by atoms with E-state index in [-0.39, 0.29) is 6.09 Å². The third-order valence-corrected chi connectivity index (χ3v) is 3.66. The molecule has 0 aromatic carbocycles. The van der Waals surface area contributed by atoms with E-state index in [1.54, 1.807) is 17.3 Å². The normalized spacial score (nSPS) is 16.8. The largest absolute Gasteiger partial charge is 0.444 e. The maximum atomic E-state index is 12.2. The van der Waals surface area contributed by atoms with Crippen molar-refractivity contribution in [1.29, 1.82) is 0 Å². The first kappa shape index (κ1) is 16.2. The van der Waals surface area contributed by atoms with Gasteiger partial charge in [-0.15, -0.1) is 0 Å². The summed E-state index contributed by atoms with van der Waals surface area (Å²) in [6, 6.07) is 0. The van der Waals surface area contributed by atoms with Crippen LogP contribution in [0.3, 0.4) is 0 Å². The Balaban J connectivity index is 1.71. The number of piperazine rings is 1. The lowest BCUT2D eigenvalue weighted by molar-refractivity contribution is 0.0240. The van der Waals surface area contributed by atoms with Crippen LogP contribution >= 0.6 is 0 Å². The number of carbonyl (C=O) groups is 1. The van der Waals surface area contributed by atoms with Gasteiger partial charge in [0.1, 0.15) is 17.6 Å². The van der Waals surface area contributed by atoms with Gasteiger partial charge < -0.3 is 14.5 Å². The fourth-order valence-corrected chi connectivity index (χ4v) is 2.55. The second kappa shape index (κ2) is 6.45. The van der Waals surface area contributed by atoms with E-state index < -0.39 is 5.60 Å². The van der Waals surface area contributed by atoms with Crippen molar-refractivity contribution >= 4 is 29.5 Å². The molecule has 1 saturated heterocycles. The Bertz CT molecular complexity index is 721. The van der Waals surface area contributed by atoms with Crippen molar-refractivity contribution in [2.45, 2.75) is 26.4 Å². The van der Waals surface area contributed by atoms with Gasteiger partial charge in [-0.25, -0.2) is 19.8 Å². The van der Waals surface area contributed by atoms with E-state index in [0.29, 0.717) is 31.9 Å². The van der Waals surface area contributed by atoms with Crippen molar-refractivity contribution in [3.05, 3.63) is 24.2 Å². The Morgan fingerprint density at radius 2 is 1.96 bits per heavy atom. The summed E-state index contributed by atoms with van der Waals surface area (Å²) >= 11 is 0. The number of aliphatic imine (C=N–C) groups is 1. The van der Waals surface area contributed by atoms with Gasteiger partial charge in [-0.05, 0) is 38.8 Å². The van der Waals surface area contributed by atoms with Crippen LogP contribution in [0.5, 0.6) is 0 Å². The summed E-state index contributed by atoms with van der Waals surface area (Å²) in [6.07, 6.45) is 6.76. The number of carbonyl (C=O) groups excluding carboxylic acids is 1. The lowest BCUT2D eigenvalue weighted by atomic mass is 10.2. The van der Waals surface area contributed by atoms with Crippen LogP contribution in [0.15, 0.2) is 23.5 Å². The van der Waals surface area contributed by atoms with Crippen LogP contribution in [0.25, 0.3) is 6.08 Å². The van der Waals surface area contributed by atoms with Gasteiger partial charge in [0.25, 0.3) is 0 Å². The molecule has 3 rings (SSSR count). The molecule has 0 unspecified atom stereocenters. The molecule has 0 saturated carbocycles. The molecule has 0 aliphatic carbocycles. The number of aromatic nitrogens is 2. The first-order valence-corrected chi connectivity index (χ1v) is 7.98. The van der Waals surface area contributed by atoms with Crippen LogP contribution in [0.2, 0.25) is 0 Å². The van der Waals surface area contributed by atoms with E-state index in [4.69, 9.17) is 4.74 Å². The minimum absolute atomic E-state index is 0.271. The number of allylic oxidation sites excluding steroid dienone is 2. The van der Waals surface area contributed by atoms with Crippen LogP contribution in [0.1, 0.15) is 26.5 Å². The topological polar surface area (TPSA) is 70.9 Å². The van der Waals surface area contributed by atoms with Gasteiger partial charge in [-0.2, -0.15) is 0 Å². The highest BCUT2D eigenvalue weighted by Gasteiger charge is 2.27. The minimum Gasteiger partial charge on any atom is -0.444 e. The Hall–Kier alpha value is -2.66. The predicted octanol–water partition coefficient (Wildman–Crippen LogP) is 2.42. The highest BCUT2D eigenvalue weighted by atomic mass is 16.6. The van der Waals surface area contributed by atoms with Gasteiger partial charge >= 0.3 is 6.09 Å². The monoisotopic (exact) mass is 327 g/mol. The Labute approximate surface area is 141 Å². The molecule has 0 radical (unpaired) electrons. The third-order valence-electron chi connectivity index (χ3n) is 3.66. The van der Waals surface area contributed by atoms with Gasteiger partial charge in [-0.1, -0.05) is 6.08 Å². The zero-order valence-corrected chi connectivity index (χ0v) is 14.2. The van der Waals surface area contributed by atoms with Gasteiger partial charge in [0.2, 0.25) is 0 Å². The molecule has 24 heavy (non-hydrogen) atoms. The number of anilines is 1. The van der Waals surface area contributed by atoms with E-state index in [0.717, 1.165) is 11.5 Å². The smallest absolute Gasteiger partial charge is 0.410 e. The number of fused-ring (bicyclic) bond motifs is 1. The average molecular weight is 327 g/mol. The van der Waals surface area contributed by atoms with Crippen molar-refractivity contribution in [3.63, 3.8) is 0 Å². The number of nitrogens with zero attached hydrogens (tertiary/aromatic N) is 5. The van der Waals surface area contributed by atoms with Crippen molar-refractivity contribution < 1.29 is 9.53 Å². The molecule has 7 nitrogen and oxygen atoms in total. The Morgan fingerprint density at radius 3 is 2.67 bits per heavy atom. The molecule has 0 spiro atoms. The molecule has 1 aromatic rings. The number of rotatable bonds is 1. The maximum Gasteiger partial charge on any atom is 0.410 e. The summed E-state index contributed by atoms with van der Waals surface area (Å²) in [6.45, 7) is 8.13. The zero-order chi connectivity index (χ0) is 17.2. The molecule has 7 heteroatoms. The zero-order valence-electron chi connectivity index (χ0n) is 14.2. The van der Waals surface area contributed by atoms with Gasteiger partial charge in [-0.3, -0.25) is 0 Å². The first-order chi connectivity index (χ1) is 11.4. The summed E-state index contributed by atoms with van der Waals surface area (Å²) in [4.78, 5) is 29.0. The van der Waals surface area contributed by atoms with Crippen molar-refractivity contribution in [2.24, 2.45) is 4.99 Å². The SMILES string of the molecule is CC(C)(C)OC(=O)N1CCN(c2ncnc3c2N=C=CC=C3)CC1. The summed E-state index contributed by atoms with van der Waals surface area (Å²) in [7, 11) is 0. The van der Waals surface area contributed by atoms with Gasteiger partial charge in [0.15, 0.2) is 5.82 Å². The quantitative estimate of drug-likeness (QED) is 0.792. The molecule has 2 aliphatic rings. The second-order valence-electron chi connectivity index (χ2n) is 6.65. The highest BCUT2D eigenvalue weighted by Crippen LogP contribution is 2.30. The second-order valence-corrected chi connectivity index (χ2v) is 6.65. The van der Waals surface area contributed by atoms with E-state index in [2.05, 4.69) is 25.7 Å². The first-order valence-electron chi connectivity index (χ1n) is 7.98. The number of ether oxygens (including phenoxy) is 1. The number of amides is 1. The molecule has 3 heterocycles. The van der Waals surface area contributed by atoms with Crippen LogP contribution < -0.4 is 4.90 Å². The fourth-order valence-electron chi connectivity index (χ4n) is 2.55. The summed E-state index contributed by atoms with van der Waals surface area (Å²) in [5, 5.41) is 0. The summed E-state index contributed by atoms with van der Waals surface area (Å²) in [5.74, 6) is 3.63. The van der Waals surface area contributed by atoms with Gasteiger partial charge in [0, 0.05) is 26.2 Å². The van der Waals surface area contributed by atoms with Gasteiger partial charge in [0.05, 0.1) is 5.69 Å². The molecule has 1 fully saturated rings. The summed E-state index contributed by atoms with van der Waals surface area (Å²) in [5.41, 5.74) is 1.01. The van der Waals surface area contributed by atoms with E-state index >= 15 is 0 Å². The van der Waals surface area contributed by atoms with E-state index in [9.17, 15) is 4.79 Å². The van der Waals surface area contributed by atoms with Crippen molar-refractivity contribution in [2.75, 3.05) is 31.1 Å². The molecule has 0 atom stereocenters.